The Labute approximate surface area is 163 Å². The summed E-state index contributed by atoms with van der Waals surface area (Å²) in [5.74, 6) is 0. The van der Waals surface area contributed by atoms with E-state index in [4.69, 9.17) is 12.2 Å². The number of benzene rings is 1. The third kappa shape index (κ3) is 5.64. The Morgan fingerprint density at radius 1 is 1.15 bits per heavy atom. The number of thiocarbonyl (C=S) groups is 1. The van der Waals surface area contributed by atoms with Crippen LogP contribution in [-0.4, -0.2) is 76.1 Å². The Balaban J connectivity index is 1.90. The summed E-state index contributed by atoms with van der Waals surface area (Å²) in [6, 6.07) is 7.28. The van der Waals surface area contributed by atoms with E-state index >= 15 is 0 Å². The first-order chi connectivity index (χ1) is 12.3. The molecule has 0 aromatic heterocycles. The van der Waals surface area contributed by atoms with E-state index in [2.05, 4.69) is 31.2 Å². The second-order valence-corrected chi connectivity index (χ2v) is 9.30. The van der Waals surface area contributed by atoms with Gasteiger partial charge in [0.2, 0.25) is 10.0 Å². The molecule has 0 radical (unpaired) electrons. The van der Waals surface area contributed by atoms with Crippen molar-refractivity contribution >= 4 is 27.4 Å². The molecule has 6 nitrogen and oxygen atoms in total. The van der Waals surface area contributed by atoms with E-state index < -0.39 is 10.0 Å². The third-order valence-corrected chi connectivity index (χ3v) is 6.84. The molecule has 1 aromatic carbocycles. The summed E-state index contributed by atoms with van der Waals surface area (Å²) in [7, 11) is 0.769. The van der Waals surface area contributed by atoms with Crippen molar-refractivity contribution in [1.82, 2.24) is 14.5 Å². The van der Waals surface area contributed by atoms with Crippen LogP contribution in [0.15, 0.2) is 29.2 Å². The normalized spacial score (nSPS) is 16.1. The van der Waals surface area contributed by atoms with Crippen LogP contribution in [0.25, 0.3) is 0 Å². The zero-order valence-electron chi connectivity index (χ0n) is 16.0. The fourth-order valence-electron chi connectivity index (χ4n) is 2.93. The van der Waals surface area contributed by atoms with Crippen LogP contribution in [-0.2, 0) is 16.4 Å². The minimum Gasteiger partial charge on any atom is -0.357 e. The summed E-state index contributed by atoms with van der Waals surface area (Å²) in [6.07, 6.45) is 2.02. The molecule has 1 heterocycles. The topological polar surface area (TPSA) is 57.1 Å². The molecule has 8 heteroatoms. The number of likely N-dealkylation sites (N-methyl/N-ethyl adjacent to an activating group) is 1. The van der Waals surface area contributed by atoms with E-state index in [-0.39, 0.29) is 0 Å². The van der Waals surface area contributed by atoms with Gasteiger partial charge in [0.05, 0.1) is 32.1 Å². The molecule has 1 aliphatic heterocycles. The molecule has 0 spiro atoms. The van der Waals surface area contributed by atoms with Gasteiger partial charge < -0.3 is 15.1 Å². The Morgan fingerprint density at radius 3 is 2.31 bits per heavy atom. The number of rotatable bonds is 7. The molecule has 2 rings (SSSR count). The van der Waals surface area contributed by atoms with Gasteiger partial charge in [-0.15, -0.1) is 0 Å². The van der Waals surface area contributed by atoms with Crippen molar-refractivity contribution in [3.63, 3.8) is 0 Å². The summed E-state index contributed by atoms with van der Waals surface area (Å²) < 4.78 is 27.2. The number of hydrogen-bond acceptors (Lipinski definition) is 3. The maximum atomic E-state index is 12.8. The quantitative estimate of drug-likeness (QED) is 0.631. The van der Waals surface area contributed by atoms with Gasteiger partial charge in [0.25, 0.3) is 0 Å². The van der Waals surface area contributed by atoms with Crippen LogP contribution in [0, 0.1) is 0 Å². The van der Waals surface area contributed by atoms with Crippen molar-refractivity contribution in [2.75, 3.05) is 53.4 Å². The Kier molecular flexibility index (Phi) is 7.82. The fraction of sp³-hybridized carbons (Fsp3) is 0.611. The van der Waals surface area contributed by atoms with Gasteiger partial charge in [-0.25, -0.2) is 8.42 Å². The summed E-state index contributed by atoms with van der Waals surface area (Å²) in [6.45, 7) is 6.08. The predicted molar refractivity (Wildman–Crippen MR) is 109 cm³/mol. The number of hydrogen-bond donors (Lipinski definition) is 2. The van der Waals surface area contributed by atoms with Crippen LogP contribution in [0.3, 0.4) is 0 Å². The summed E-state index contributed by atoms with van der Waals surface area (Å²) >= 11 is 5.43. The zero-order chi connectivity index (χ0) is 19.2. The zero-order valence-corrected chi connectivity index (χ0v) is 17.6. The highest BCUT2D eigenvalue weighted by atomic mass is 32.2. The molecule has 1 fully saturated rings. The summed E-state index contributed by atoms with van der Waals surface area (Å²) in [5.41, 5.74) is 1.17. The SMILES string of the molecule is CCCc1ccc(S(=O)(=O)N2CCN(C(=S)NCC[NH+](C)C)CC2)cc1. The van der Waals surface area contributed by atoms with Gasteiger partial charge in [0.15, 0.2) is 5.11 Å². The van der Waals surface area contributed by atoms with Crippen molar-refractivity contribution in [3.8, 4) is 0 Å². The number of sulfonamides is 1. The molecular formula is C18H31N4O2S2+. The van der Waals surface area contributed by atoms with E-state index in [1.165, 1.54) is 10.5 Å². The number of aryl methyl sites for hydroxylation is 1. The summed E-state index contributed by atoms with van der Waals surface area (Å²) in [4.78, 5) is 3.79. The predicted octanol–water partition coefficient (Wildman–Crippen LogP) is -0.0356. The number of piperazine rings is 1. The van der Waals surface area contributed by atoms with Crippen LogP contribution in [0.4, 0.5) is 0 Å². The first kappa shape index (κ1) is 21.1. The standard InChI is InChI=1S/C18H30N4O2S2/c1-4-5-16-6-8-17(9-7-16)26(23,24)22-14-12-21(13-15-22)18(25)19-10-11-20(2)3/h6-9H,4-5,10-15H2,1-3H3,(H,19,25)/p+1. The van der Waals surface area contributed by atoms with Gasteiger partial charge in [-0.05, 0) is 36.3 Å². The van der Waals surface area contributed by atoms with Crippen molar-refractivity contribution in [1.29, 1.82) is 0 Å². The van der Waals surface area contributed by atoms with Gasteiger partial charge in [0, 0.05) is 26.2 Å². The van der Waals surface area contributed by atoms with Crippen molar-refractivity contribution in [3.05, 3.63) is 29.8 Å². The van der Waals surface area contributed by atoms with E-state index in [0.29, 0.717) is 36.2 Å². The van der Waals surface area contributed by atoms with Crippen LogP contribution in [0.2, 0.25) is 0 Å². The second-order valence-electron chi connectivity index (χ2n) is 6.97. The van der Waals surface area contributed by atoms with E-state index in [0.717, 1.165) is 25.9 Å². The molecule has 1 aromatic rings. The van der Waals surface area contributed by atoms with Crippen molar-refractivity contribution in [2.45, 2.75) is 24.7 Å². The van der Waals surface area contributed by atoms with Crippen LogP contribution < -0.4 is 10.2 Å². The maximum absolute atomic E-state index is 12.8. The lowest BCUT2D eigenvalue weighted by Gasteiger charge is -2.35. The van der Waals surface area contributed by atoms with E-state index in [1.54, 1.807) is 16.4 Å². The number of quaternary nitrogens is 1. The molecule has 1 saturated heterocycles. The highest BCUT2D eigenvalue weighted by molar-refractivity contribution is 7.89. The van der Waals surface area contributed by atoms with Gasteiger partial charge in [-0.3, -0.25) is 0 Å². The number of nitrogens with one attached hydrogen (secondary N) is 2. The molecular weight excluding hydrogens is 368 g/mol. The second kappa shape index (κ2) is 9.64. The molecule has 0 unspecified atom stereocenters. The molecule has 0 aliphatic carbocycles. The molecule has 26 heavy (non-hydrogen) atoms. The largest absolute Gasteiger partial charge is 0.357 e. The van der Waals surface area contributed by atoms with Crippen molar-refractivity contribution < 1.29 is 13.3 Å². The maximum Gasteiger partial charge on any atom is 0.243 e. The van der Waals surface area contributed by atoms with Crippen molar-refractivity contribution in [2.24, 2.45) is 0 Å². The van der Waals surface area contributed by atoms with Crippen LogP contribution >= 0.6 is 12.2 Å². The third-order valence-electron chi connectivity index (χ3n) is 4.53. The lowest BCUT2D eigenvalue weighted by atomic mass is 10.1. The molecule has 2 N–H and O–H groups in total. The molecule has 146 valence electrons. The van der Waals surface area contributed by atoms with Gasteiger partial charge >= 0.3 is 0 Å². The molecule has 0 saturated carbocycles. The smallest absolute Gasteiger partial charge is 0.243 e. The first-order valence-electron chi connectivity index (χ1n) is 9.25. The fourth-order valence-corrected chi connectivity index (χ4v) is 4.64. The highest BCUT2D eigenvalue weighted by Crippen LogP contribution is 2.19. The van der Waals surface area contributed by atoms with Crippen LogP contribution in [0.1, 0.15) is 18.9 Å². The van der Waals surface area contributed by atoms with Gasteiger partial charge in [0.1, 0.15) is 0 Å². The van der Waals surface area contributed by atoms with E-state index in [9.17, 15) is 8.42 Å². The lowest BCUT2D eigenvalue weighted by Crippen LogP contribution is -3.06. The monoisotopic (exact) mass is 399 g/mol. The first-order valence-corrected chi connectivity index (χ1v) is 11.1. The lowest BCUT2D eigenvalue weighted by molar-refractivity contribution is -0.856. The van der Waals surface area contributed by atoms with Crippen LogP contribution in [0.5, 0.6) is 0 Å². The molecule has 0 atom stereocenters. The van der Waals surface area contributed by atoms with Gasteiger partial charge in [-0.1, -0.05) is 25.5 Å². The van der Waals surface area contributed by atoms with E-state index in [1.807, 2.05) is 12.1 Å². The highest BCUT2D eigenvalue weighted by Gasteiger charge is 2.29. The Hall–Kier alpha value is -1.22. The molecule has 1 aliphatic rings. The average molecular weight is 400 g/mol. The average Bonchev–Trinajstić information content (AvgIpc) is 2.62. The Morgan fingerprint density at radius 2 is 1.77 bits per heavy atom. The molecule has 0 bridgehead atoms. The minimum absolute atomic E-state index is 0.375. The minimum atomic E-state index is -3.43. The Bertz CT molecular complexity index is 682. The number of nitrogens with zero attached hydrogens (tertiary/aromatic N) is 2. The summed E-state index contributed by atoms with van der Waals surface area (Å²) in [5, 5.41) is 3.97. The van der Waals surface area contributed by atoms with Gasteiger partial charge in [-0.2, -0.15) is 4.31 Å². The molecule has 0 amide bonds.